The topological polar surface area (TPSA) is 119 Å². The second-order valence-corrected chi connectivity index (χ2v) is 6.99. The Hall–Kier alpha value is -4.42. The summed E-state index contributed by atoms with van der Waals surface area (Å²) < 4.78 is 0. The van der Waals surface area contributed by atoms with Crippen LogP contribution in [0.25, 0.3) is 0 Å². The van der Waals surface area contributed by atoms with Crippen molar-refractivity contribution in [2.24, 2.45) is 0 Å². The molecule has 1 aromatic heterocycles. The first kappa shape index (κ1) is 23.2. The molecular weight excluding hydrogens is 420 g/mol. The minimum absolute atomic E-state index is 0.161. The number of nitrogens with zero attached hydrogens (tertiary/aromatic N) is 3. The summed E-state index contributed by atoms with van der Waals surface area (Å²) in [6.45, 7) is 2.49. The van der Waals surface area contributed by atoms with Crippen LogP contribution >= 0.6 is 0 Å². The zero-order chi connectivity index (χ0) is 23.6. The van der Waals surface area contributed by atoms with Gasteiger partial charge in [0.05, 0.1) is 29.5 Å². The van der Waals surface area contributed by atoms with Crippen LogP contribution in [0.1, 0.15) is 28.4 Å². The van der Waals surface area contributed by atoms with E-state index in [4.69, 9.17) is 10.1 Å². The lowest BCUT2D eigenvalue weighted by atomic mass is 10.1. The summed E-state index contributed by atoms with van der Waals surface area (Å²) in [7, 11) is 1.81. The number of aromatic nitrogens is 1. The van der Waals surface area contributed by atoms with E-state index in [2.05, 4.69) is 27.2 Å². The standard InChI is InChI=1S/C24H24N6O3/c1-3-26-24(32)28-22-14-19(12-13-27-22)30(2)21-7-5-4-6-20(21)23(31)29-33-16-18-10-8-17(15-25)9-11-18/h4-14H,3,16H2,1-2H3,(H,29,31)(H2,26,27,28,32). The van der Waals surface area contributed by atoms with E-state index >= 15 is 0 Å². The van der Waals surface area contributed by atoms with Crippen LogP contribution in [-0.2, 0) is 11.4 Å². The summed E-state index contributed by atoms with van der Waals surface area (Å²) >= 11 is 0. The maximum absolute atomic E-state index is 12.8. The molecular formula is C24H24N6O3. The fraction of sp³-hybridized carbons (Fsp3) is 0.167. The molecule has 3 amide bonds. The number of hydroxylamine groups is 1. The van der Waals surface area contributed by atoms with Crippen molar-refractivity contribution in [3.63, 3.8) is 0 Å². The molecule has 3 N–H and O–H groups in total. The largest absolute Gasteiger partial charge is 0.344 e. The van der Waals surface area contributed by atoms with Gasteiger partial charge >= 0.3 is 6.03 Å². The Morgan fingerprint density at radius 3 is 2.61 bits per heavy atom. The van der Waals surface area contributed by atoms with Gasteiger partial charge in [-0.25, -0.2) is 15.3 Å². The molecule has 3 rings (SSSR count). The second kappa shape index (κ2) is 11.3. The quantitative estimate of drug-likeness (QED) is 0.456. The number of benzene rings is 2. The Bertz CT molecular complexity index is 1160. The van der Waals surface area contributed by atoms with Crippen molar-refractivity contribution in [3.05, 3.63) is 83.6 Å². The zero-order valence-corrected chi connectivity index (χ0v) is 18.3. The molecule has 9 nitrogen and oxygen atoms in total. The first-order valence-corrected chi connectivity index (χ1v) is 10.3. The Balaban J connectivity index is 1.69. The third-order valence-corrected chi connectivity index (χ3v) is 4.71. The van der Waals surface area contributed by atoms with E-state index in [1.54, 1.807) is 54.7 Å². The Morgan fingerprint density at radius 2 is 1.88 bits per heavy atom. The van der Waals surface area contributed by atoms with E-state index in [1.807, 2.05) is 31.0 Å². The average molecular weight is 444 g/mol. The summed E-state index contributed by atoms with van der Waals surface area (Å²) in [5, 5.41) is 14.2. The molecule has 3 aromatic rings. The smallest absolute Gasteiger partial charge is 0.320 e. The van der Waals surface area contributed by atoms with Gasteiger partial charge in [0.15, 0.2) is 0 Å². The van der Waals surface area contributed by atoms with Crippen LogP contribution in [0.2, 0.25) is 0 Å². The van der Waals surface area contributed by atoms with E-state index in [9.17, 15) is 9.59 Å². The van der Waals surface area contributed by atoms with Crippen molar-refractivity contribution in [1.29, 1.82) is 5.26 Å². The van der Waals surface area contributed by atoms with Crippen LogP contribution in [0.5, 0.6) is 0 Å². The fourth-order valence-corrected chi connectivity index (χ4v) is 3.03. The molecule has 2 aromatic carbocycles. The second-order valence-electron chi connectivity index (χ2n) is 6.99. The molecule has 0 aliphatic carbocycles. The molecule has 0 radical (unpaired) electrons. The van der Waals surface area contributed by atoms with E-state index in [0.717, 1.165) is 11.3 Å². The van der Waals surface area contributed by atoms with E-state index in [0.29, 0.717) is 29.2 Å². The molecule has 0 fully saturated rings. The first-order chi connectivity index (χ1) is 16.0. The summed E-state index contributed by atoms with van der Waals surface area (Å²) in [5.41, 5.74) is 5.63. The van der Waals surface area contributed by atoms with Crippen LogP contribution in [0.15, 0.2) is 66.9 Å². The molecule has 0 bridgehead atoms. The summed E-state index contributed by atoms with van der Waals surface area (Å²) in [6.07, 6.45) is 1.58. The molecule has 9 heteroatoms. The number of nitriles is 1. The maximum Gasteiger partial charge on any atom is 0.320 e. The van der Waals surface area contributed by atoms with Gasteiger partial charge in [-0.2, -0.15) is 5.26 Å². The van der Waals surface area contributed by atoms with Gasteiger partial charge in [0.1, 0.15) is 5.82 Å². The van der Waals surface area contributed by atoms with Crippen molar-refractivity contribution < 1.29 is 14.4 Å². The lowest BCUT2D eigenvalue weighted by molar-refractivity contribution is 0.0234. The molecule has 0 atom stereocenters. The third-order valence-electron chi connectivity index (χ3n) is 4.71. The Kier molecular flexibility index (Phi) is 7.94. The van der Waals surface area contributed by atoms with Crippen LogP contribution in [0, 0.1) is 11.3 Å². The predicted molar refractivity (Wildman–Crippen MR) is 125 cm³/mol. The number of hydrogen-bond acceptors (Lipinski definition) is 6. The number of urea groups is 1. The molecule has 0 aliphatic rings. The fourth-order valence-electron chi connectivity index (χ4n) is 3.03. The molecule has 0 saturated carbocycles. The highest BCUT2D eigenvalue weighted by Crippen LogP contribution is 2.28. The Morgan fingerprint density at radius 1 is 1.12 bits per heavy atom. The molecule has 1 heterocycles. The highest BCUT2D eigenvalue weighted by atomic mass is 16.6. The van der Waals surface area contributed by atoms with Crippen LogP contribution < -0.4 is 21.0 Å². The normalized spacial score (nSPS) is 10.1. The van der Waals surface area contributed by atoms with Crippen molar-refractivity contribution in [1.82, 2.24) is 15.8 Å². The van der Waals surface area contributed by atoms with E-state index < -0.39 is 5.91 Å². The zero-order valence-electron chi connectivity index (χ0n) is 18.3. The minimum Gasteiger partial charge on any atom is -0.344 e. The monoisotopic (exact) mass is 444 g/mol. The molecule has 0 saturated heterocycles. The molecule has 168 valence electrons. The van der Waals surface area contributed by atoms with Gasteiger partial charge < -0.3 is 10.2 Å². The van der Waals surface area contributed by atoms with Gasteiger partial charge in [-0.15, -0.1) is 0 Å². The molecule has 0 unspecified atom stereocenters. The lowest BCUT2D eigenvalue weighted by Gasteiger charge is -2.22. The Labute approximate surface area is 192 Å². The maximum atomic E-state index is 12.8. The number of rotatable bonds is 8. The lowest BCUT2D eigenvalue weighted by Crippen LogP contribution is -2.28. The SMILES string of the molecule is CCNC(=O)Nc1cc(N(C)c2ccccc2C(=O)NOCc2ccc(C#N)cc2)ccn1. The van der Waals surface area contributed by atoms with Crippen LogP contribution in [0.3, 0.4) is 0 Å². The summed E-state index contributed by atoms with van der Waals surface area (Å²) in [4.78, 5) is 35.9. The summed E-state index contributed by atoms with van der Waals surface area (Å²) in [5.74, 6) is -0.0150. The highest BCUT2D eigenvalue weighted by molar-refractivity contribution is 6.00. The van der Waals surface area contributed by atoms with Gasteiger partial charge in [0.2, 0.25) is 0 Å². The minimum atomic E-state index is -0.402. The summed E-state index contributed by atoms with van der Waals surface area (Å²) in [6, 6.07) is 19.2. The van der Waals surface area contributed by atoms with Gasteiger partial charge in [0.25, 0.3) is 5.91 Å². The van der Waals surface area contributed by atoms with Gasteiger partial charge in [-0.05, 0) is 42.8 Å². The molecule has 33 heavy (non-hydrogen) atoms. The predicted octanol–water partition coefficient (Wildman–Crippen LogP) is 3.72. The number of nitrogens with one attached hydrogen (secondary N) is 3. The number of pyridine rings is 1. The van der Waals surface area contributed by atoms with Crippen molar-refractivity contribution in [2.75, 3.05) is 23.8 Å². The van der Waals surface area contributed by atoms with E-state index in [-0.39, 0.29) is 12.6 Å². The molecule has 0 spiro atoms. The third kappa shape index (κ3) is 6.29. The van der Waals surface area contributed by atoms with Crippen molar-refractivity contribution >= 4 is 29.1 Å². The number of carbonyl (C=O) groups excluding carboxylic acids is 2. The van der Waals surface area contributed by atoms with Crippen molar-refractivity contribution in [2.45, 2.75) is 13.5 Å². The number of anilines is 3. The number of amides is 3. The van der Waals surface area contributed by atoms with Gasteiger partial charge in [-0.3, -0.25) is 14.9 Å². The van der Waals surface area contributed by atoms with Gasteiger partial charge in [0, 0.05) is 31.5 Å². The molecule has 0 aliphatic heterocycles. The number of para-hydroxylation sites is 1. The highest BCUT2D eigenvalue weighted by Gasteiger charge is 2.16. The van der Waals surface area contributed by atoms with E-state index in [1.165, 1.54) is 0 Å². The first-order valence-electron chi connectivity index (χ1n) is 10.3. The van der Waals surface area contributed by atoms with Gasteiger partial charge in [-0.1, -0.05) is 24.3 Å². The number of carbonyl (C=O) groups is 2. The van der Waals surface area contributed by atoms with Crippen LogP contribution in [0.4, 0.5) is 22.0 Å². The number of hydrogen-bond donors (Lipinski definition) is 3. The average Bonchev–Trinajstić information content (AvgIpc) is 2.84. The van der Waals surface area contributed by atoms with Crippen molar-refractivity contribution in [3.8, 4) is 6.07 Å². The van der Waals surface area contributed by atoms with Crippen LogP contribution in [-0.4, -0.2) is 30.5 Å².